The fourth-order valence-corrected chi connectivity index (χ4v) is 2.31. The van der Waals surface area contributed by atoms with Gasteiger partial charge in [-0.05, 0) is 39.0 Å². The zero-order valence-electron chi connectivity index (χ0n) is 13.3. The van der Waals surface area contributed by atoms with Crippen molar-refractivity contribution in [2.75, 3.05) is 6.54 Å². The van der Waals surface area contributed by atoms with Crippen LogP contribution in [-0.2, 0) is 4.79 Å². The molecule has 1 aromatic carbocycles. The predicted octanol–water partition coefficient (Wildman–Crippen LogP) is 2.09. The third-order valence-electron chi connectivity index (χ3n) is 3.17. The molecule has 0 radical (unpaired) electrons. The lowest BCUT2D eigenvalue weighted by Crippen LogP contribution is -2.39. The first-order valence-corrected chi connectivity index (χ1v) is 7.64. The van der Waals surface area contributed by atoms with Crippen LogP contribution in [-0.4, -0.2) is 34.2 Å². The summed E-state index contributed by atoms with van der Waals surface area (Å²) < 4.78 is 1.63. The molecule has 7 heteroatoms. The Kier molecular flexibility index (Phi) is 5.39. The number of halogens is 1. The van der Waals surface area contributed by atoms with Crippen molar-refractivity contribution in [3.05, 3.63) is 46.7 Å². The van der Waals surface area contributed by atoms with Crippen LogP contribution in [0.4, 0.5) is 0 Å². The number of aromatic nitrogens is 2. The Morgan fingerprint density at radius 3 is 2.74 bits per heavy atom. The van der Waals surface area contributed by atoms with Crippen LogP contribution in [0.3, 0.4) is 0 Å². The van der Waals surface area contributed by atoms with Crippen LogP contribution in [0.25, 0.3) is 5.69 Å². The molecule has 2 amide bonds. The van der Waals surface area contributed by atoms with Crippen LogP contribution < -0.4 is 10.6 Å². The van der Waals surface area contributed by atoms with Gasteiger partial charge >= 0.3 is 0 Å². The zero-order chi connectivity index (χ0) is 17.0. The van der Waals surface area contributed by atoms with Crippen molar-refractivity contribution < 1.29 is 9.59 Å². The van der Waals surface area contributed by atoms with Crippen molar-refractivity contribution in [2.24, 2.45) is 0 Å². The molecular weight excluding hydrogens is 316 g/mol. The molecule has 0 aliphatic heterocycles. The molecule has 6 nitrogen and oxygen atoms in total. The molecule has 0 spiro atoms. The maximum Gasteiger partial charge on any atom is 0.255 e. The van der Waals surface area contributed by atoms with E-state index in [-0.39, 0.29) is 24.4 Å². The summed E-state index contributed by atoms with van der Waals surface area (Å²) in [6.07, 6.45) is 1.48. The van der Waals surface area contributed by atoms with Crippen LogP contribution in [0.1, 0.15) is 29.9 Å². The average Bonchev–Trinajstić information content (AvgIpc) is 2.86. The summed E-state index contributed by atoms with van der Waals surface area (Å²) in [5, 5.41) is 10.1. The second-order valence-corrected chi connectivity index (χ2v) is 5.88. The molecule has 0 atom stereocenters. The Bertz CT molecular complexity index is 725. The van der Waals surface area contributed by atoms with Crippen molar-refractivity contribution in [1.29, 1.82) is 0 Å². The number of nitrogens with one attached hydrogen (secondary N) is 2. The molecule has 122 valence electrons. The molecule has 0 fully saturated rings. The van der Waals surface area contributed by atoms with Crippen molar-refractivity contribution in [2.45, 2.75) is 26.8 Å². The summed E-state index contributed by atoms with van der Waals surface area (Å²) in [5.41, 5.74) is 1.86. The molecule has 2 rings (SSSR count). The van der Waals surface area contributed by atoms with Crippen LogP contribution >= 0.6 is 11.6 Å². The van der Waals surface area contributed by atoms with E-state index in [0.717, 1.165) is 5.69 Å². The summed E-state index contributed by atoms with van der Waals surface area (Å²) in [5.74, 6) is -0.567. The largest absolute Gasteiger partial charge is 0.352 e. The highest BCUT2D eigenvalue weighted by molar-refractivity contribution is 6.30. The third kappa shape index (κ3) is 4.32. The van der Waals surface area contributed by atoms with Gasteiger partial charge in [-0.1, -0.05) is 17.7 Å². The first kappa shape index (κ1) is 17.0. The first-order chi connectivity index (χ1) is 10.9. The van der Waals surface area contributed by atoms with Crippen LogP contribution in [0.5, 0.6) is 0 Å². The maximum absolute atomic E-state index is 12.2. The minimum absolute atomic E-state index is 0.0340. The van der Waals surface area contributed by atoms with Gasteiger partial charge in [0, 0.05) is 11.1 Å². The number of rotatable bonds is 5. The Hall–Kier alpha value is -2.34. The number of nitrogens with zero attached hydrogens (tertiary/aromatic N) is 2. The Labute approximate surface area is 139 Å². The van der Waals surface area contributed by atoms with Crippen molar-refractivity contribution in [3.8, 4) is 5.69 Å². The van der Waals surface area contributed by atoms with Gasteiger partial charge in [-0.3, -0.25) is 9.59 Å². The van der Waals surface area contributed by atoms with Crippen molar-refractivity contribution in [1.82, 2.24) is 20.4 Å². The summed E-state index contributed by atoms with van der Waals surface area (Å²) in [6.45, 7) is 5.44. The Morgan fingerprint density at radius 1 is 1.35 bits per heavy atom. The third-order valence-corrected chi connectivity index (χ3v) is 3.40. The smallest absolute Gasteiger partial charge is 0.255 e. The Morgan fingerprint density at radius 2 is 2.09 bits per heavy atom. The van der Waals surface area contributed by atoms with Gasteiger partial charge in [0.2, 0.25) is 5.91 Å². The van der Waals surface area contributed by atoms with E-state index in [2.05, 4.69) is 15.7 Å². The number of carbonyl (C=O) groups is 2. The van der Waals surface area contributed by atoms with Gasteiger partial charge in [0.25, 0.3) is 5.91 Å². The Balaban J connectivity index is 2.10. The molecule has 1 aromatic heterocycles. The highest BCUT2D eigenvalue weighted by Gasteiger charge is 2.16. The van der Waals surface area contributed by atoms with Gasteiger partial charge in [0.05, 0.1) is 29.7 Å². The SMILES string of the molecule is Cc1c(C(=O)NCC(=O)NC(C)C)cnn1-c1cccc(Cl)c1. The van der Waals surface area contributed by atoms with Crippen LogP contribution in [0, 0.1) is 6.92 Å². The fourth-order valence-electron chi connectivity index (χ4n) is 2.13. The normalized spacial score (nSPS) is 10.7. The zero-order valence-corrected chi connectivity index (χ0v) is 14.0. The number of hydrogen-bond donors (Lipinski definition) is 2. The van der Waals surface area contributed by atoms with Gasteiger partial charge in [0.15, 0.2) is 0 Å². The van der Waals surface area contributed by atoms with Gasteiger partial charge in [-0.15, -0.1) is 0 Å². The lowest BCUT2D eigenvalue weighted by atomic mass is 10.2. The van der Waals surface area contributed by atoms with E-state index in [1.165, 1.54) is 6.20 Å². The first-order valence-electron chi connectivity index (χ1n) is 7.26. The molecule has 0 aliphatic carbocycles. The molecule has 2 N–H and O–H groups in total. The van der Waals surface area contributed by atoms with E-state index < -0.39 is 0 Å². The maximum atomic E-state index is 12.2. The second kappa shape index (κ2) is 7.28. The number of carbonyl (C=O) groups excluding carboxylic acids is 2. The molecule has 0 aliphatic rings. The quantitative estimate of drug-likeness (QED) is 0.879. The predicted molar refractivity (Wildman–Crippen MR) is 88.9 cm³/mol. The molecule has 0 bridgehead atoms. The molecule has 0 saturated carbocycles. The van der Waals surface area contributed by atoms with E-state index in [0.29, 0.717) is 16.3 Å². The minimum atomic E-state index is -0.338. The van der Waals surface area contributed by atoms with E-state index in [1.807, 2.05) is 26.0 Å². The van der Waals surface area contributed by atoms with E-state index in [4.69, 9.17) is 11.6 Å². The molecule has 23 heavy (non-hydrogen) atoms. The summed E-state index contributed by atoms with van der Waals surface area (Å²) in [4.78, 5) is 23.8. The lowest BCUT2D eigenvalue weighted by Gasteiger charge is -2.09. The topological polar surface area (TPSA) is 76.0 Å². The van der Waals surface area contributed by atoms with E-state index >= 15 is 0 Å². The van der Waals surface area contributed by atoms with Gasteiger partial charge in [0.1, 0.15) is 0 Å². The fraction of sp³-hybridized carbons (Fsp3) is 0.312. The molecule has 2 aromatic rings. The van der Waals surface area contributed by atoms with Crippen LogP contribution in [0.2, 0.25) is 5.02 Å². The minimum Gasteiger partial charge on any atom is -0.352 e. The monoisotopic (exact) mass is 334 g/mol. The lowest BCUT2D eigenvalue weighted by molar-refractivity contribution is -0.120. The van der Waals surface area contributed by atoms with Crippen molar-refractivity contribution >= 4 is 23.4 Å². The standard InChI is InChI=1S/C16H19ClN4O2/c1-10(2)20-15(22)9-18-16(23)14-8-19-21(11(14)3)13-6-4-5-12(17)7-13/h4-8,10H,9H2,1-3H3,(H,18,23)(H,20,22). The number of hydrogen-bond acceptors (Lipinski definition) is 3. The van der Waals surface area contributed by atoms with Gasteiger partial charge in [-0.2, -0.15) is 5.10 Å². The average molecular weight is 335 g/mol. The number of amides is 2. The summed E-state index contributed by atoms with van der Waals surface area (Å²) >= 11 is 5.98. The number of benzene rings is 1. The molecular formula is C16H19ClN4O2. The highest BCUT2D eigenvalue weighted by atomic mass is 35.5. The molecule has 0 unspecified atom stereocenters. The summed E-state index contributed by atoms with van der Waals surface area (Å²) in [6, 6.07) is 7.23. The molecule has 1 heterocycles. The highest BCUT2D eigenvalue weighted by Crippen LogP contribution is 2.17. The van der Waals surface area contributed by atoms with Gasteiger partial charge < -0.3 is 10.6 Å². The second-order valence-electron chi connectivity index (χ2n) is 5.44. The summed E-state index contributed by atoms with van der Waals surface area (Å²) in [7, 11) is 0. The van der Waals surface area contributed by atoms with Gasteiger partial charge in [-0.25, -0.2) is 4.68 Å². The van der Waals surface area contributed by atoms with E-state index in [1.54, 1.807) is 23.7 Å². The van der Waals surface area contributed by atoms with Crippen LogP contribution in [0.15, 0.2) is 30.5 Å². The molecule has 0 saturated heterocycles. The van der Waals surface area contributed by atoms with Crippen molar-refractivity contribution in [3.63, 3.8) is 0 Å². The van der Waals surface area contributed by atoms with E-state index in [9.17, 15) is 9.59 Å².